The maximum absolute atomic E-state index is 11.8. The summed E-state index contributed by atoms with van der Waals surface area (Å²) in [6.07, 6.45) is -1.20. The number of rotatable bonds is 8. The van der Waals surface area contributed by atoms with Gasteiger partial charge in [0.1, 0.15) is 11.7 Å². The first-order chi connectivity index (χ1) is 9.95. The minimum Gasteiger partial charge on any atom is -0.393 e. The van der Waals surface area contributed by atoms with E-state index in [9.17, 15) is 19.8 Å². The molecule has 0 saturated heterocycles. The van der Waals surface area contributed by atoms with Crippen molar-refractivity contribution in [2.45, 2.75) is 24.4 Å². The molecule has 120 valence electrons. The molecule has 3 atom stereocenters. The lowest BCUT2D eigenvalue weighted by Crippen LogP contribution is -2.54. The van der Waals surface area contributed by atoms with Crippen LogP contribution in [-0.2, 0) is 9.47 Å². The number of aromatic amines is 1. The van der Waals surface area contributed by atoms with Gasteiger partial charge in [-0.1, -0.05) is 0 Å². The van der Waals surface area contributed by atoms with Crippen LogP contribution in [-0.4, -0.2) is 58.8 Å². The third-order valence-corrected chi connectivity index (χ3v) is 3.42. The molecule has 9 nitrogen and oxygen atoms in total. The summed E-state index contributed by atoms with van der Waals surface area (Å²) in [6, 6.07) is 1.12. The van der Waals surface area contributed by atoms with Crippen molar-refractivity contribution in [2.75, 3.05) is 27.4 Å². The van der Waals surface area contributed by atoms with Crippen LogP contribution in [0.1, 0.15) is 12.6 Å². The molecule has 1 aromatic heterocycles. The van der Waals surface area contributed by atoms with Crippen molar-refractivity contribution >= 4 is 0 Å². The Morgan fingerprint density at radius 2 is 2.14 bits per heavy atom. The normalized spacial score (nSPS) is 17.2. The number of hydrogen-bond donors (Lipinski definition) is 4. The van der Waals surface area contributed by atoms with Gasteiger partial charge >= 0.3 is 5.69 Å². The second kappa shape index (κ2) is 7.48. The monoisotopic (exact) mass is 303 g/mol. The molecule has 5 N–H and O–H groups in total. The minimum atomic E-state index is -1.38. The summed E-state index contributed by atoms with van der Waals surface area (Å²) in [7, 11) is 2.60. The summed E-state index contributed by atoms with van der Waals surface area (Å²) in [6.45, 7) is -0.359. The van der Waals surface area contributed by atoms with Crippen molar-refractivity contribution in [1.82, 2.24) is 9.55 Å². The molecule has 0 radical (unpaired) electrons. The molecule has 9 heteroatoms. The van der Waals surface area contributed by atoms with Crippen LogP contribution in [0, 0.1) is 0 Å². The Balaban J connectivity index is 3.24. The Bertz CT molecular complexity index is 550. The van der Waals surface area contributed by atoms with Gasteiger partial charge in [0.15, 0.2) is 6.23 Å². The molecule has 1 heterocycles. The van der Waals surface area contributed by atoms with E-state index < -0.39 is 35.8 Å². The van der Waals surface area contributed by atoms with E-state index in [-0.39, 0.29) is 13.0 Å². The fourth-order valence-electron chi connectivity index (χ4n) is 2.13. The van der Waals surface area contributed by atoms with E-state index in [1.807, 2.05) is 0 Å². The molecular formula is C12H21N3O6. The Kier molecular flexibility index (Phi) is 6.24. The van der Waals surface area contributed by atoms with Crippen molar-refractivity contribution in [1.29, 1.82) is 0 Å². The molecule has 21 heavy (non-hydrogen) atoms. The lowest BCUT2D eigenvalue weighted by molar-refractivity contribution is -0.190. The molecule has 0 bridgehead atoms. The van der Waals surface area contributed by atoms with Crippen molar-refractivity contribution in [3.63, 3.8) is 0 Å². The fraction of sp³-hybridized carbons (Fsp3) is 0.667. The quantitative estimate of drug-likeness (QED) is 0.426. The van der Waals surface area contributed by atoms with Gasteiger partial charge in [0.2, 0.25) is 0 Å². The summed E-state index contributed by atoms with van der Waals surface area (Å²) in [4.78, 5) is 24.9. The number of nitrogens with two attached hydrogens (primary N) is 1. The van der Waals surface area contributed by atoms with E-state index in [2.05, 4.69) is 4.98 Å². The molecule has 0 aromatic carbocycles. The first-order valence-corrected chi connectivity index (χ1v) is 6.34. The average molecular weight is 303 g/mol. The lowest BCUT2D eigenvalue weighted by Gasteiger charge is -2.38. The van der Waals surface area contributed by atoms with Gasteiger partial charge in [0, 0.05) is 26.5 Å². The highest BCUT2D eigenvalue weighted by atomic mass is 16.5. The average Bonchev–Trinajstić information content (AvgIpc) is 2.47. The zero-order valence-electron chi connectivity index (χ0n) is 12.0. The van der Waals surface area contributed by atoms with Crippen LogP contribution in [0.5, 0.6) is 0 Å². The van der Waals surface area contributed by atoms with E-state index in [4.69, 9.17) is 15.2 Å². The molecule has 0 aliphatic rings. The summed E-state index contributed by atoms with van der Waals surface area (Å²) in [5.74, 6) is 0. The SMILES string of the molecule is CO[C@H]([C@H](O)[C@](CO)(CCN)OC)n1ccc(=O)[nH]c1=O. The smallest absolute Gasteiger partial charge is 0.330 e. The molecule has 0 saturated carbocycles. The number of nitrogens with one attached hydrogen (secondary N) is 1. The molecule has 1 rings (SSSR count). The van der Waals surface area contributed by atoms with Crippen molar-refractivity contribution in [2.24, 2.45) is 5.73 Å². The number of nitrogens with zero attached hydrogens (tertiary/aromatic N) is 1. The van der Waals surface area contributed by atoms with E-state index in [0.717, 1.165) is 10.6 Å². The highest BCUT2D eigenvalue weighted by molar-refractivity contribution is 4.94. The van der Waals surface area contributed by atoms with Crippen molar-refractivity contribution < 1.29 is 19.7 Å². The first-order valence-electron chi connectivity index (χ1n) is 6.34. The van der Waals surface area contributed by atoms with Crippen LogP contribution in [0.3, 0.4) is 0 Å². The predicted octanol–water partition coefficient (Wildman–Crippen LogP) is -2.23. The number of aliphatic hydroxyl groups is 2. The van der Waals surface area contributed by atoms with E-state index >= 15 is 0 Å². The molecule has 1 aromatic rings. The van der Waals surface area contributed by atoms with Crippen LogP contribution >= 0.6 is 0 Å². The molecule has 0 spiro atoms. The molecule has 0 aliphatic heterocycles. The Labute approximate surface area is 120 Å². The summed E-state index contributed by atoms with van der Waals surface area (Å²) in [5, 5.41) is 20.0. The van der Waals surface area contributed by atoms with Gasteiger partial charge in [-0.15, -0.1) is 0 Å². The predicted molar refractivity (Wildman–Crippen MR) is 73.9 cm³/mol. The second-order valence-corrected chi connectivity index (χ2v) is 4.55. The Morgan fingerprint density at radius 3 is 2.57 bits per heavy atom. The van der Waals surface area contributed by atoms with E-state index in [1.165, 1.54) is 20.4 Å². The maximum Gasteiger partial charge on any atom is 0.330 e. The fourth-order valence-corrected chi connectivity index (χ4v) is 2.13. The third-order valence-electron chi connectivity index (χ3n) is 3.42. The maximum atomic E-state index is 11.8. The largest absolute Gasteiger partial charge is 0.393 e. The van der Waals surface area contributed by atoms with Gasteiger partial charge in [-0.05, 0) is 13.0 Å². The number of hydrogen-bond acceptors (Lipinski definition) is 7. The molecular weight excluding hydrogens is 282 g/mol. The van der Waals surface area contributed by atoms with Gasteiger partial charge in [0.05, 0.1) is 6.61 Å². The minimum absolute atomic E-state index is 0.152. The van der Waals surface area contributed by atoms with Gasteiger partial charge < -0.3 is 25.4 Å². The third kappa shape index (κ3) is 3.57. The topological polar surface area (TPSA) is 140 Å². The van der Waals surface area contributed by atoms with Gasteiger partial charge in [-0.3, -0.25) is 14.3 Å². The Morgan fingerprint density at radius 1 is 1.48 bits per heavy atom. The van der Waals surface area contributed by atoms with Crippen LogP contribution in [0.2, 0.25) is 0 Å². The standard InChI is InChI=1S/C12H21N3O6/c1-20-10(15-6-3-8(17)14-11(15)19)9(18)12(7-16,21-2)4-5-13/h3,6,9-10,16,18H,4-5,7,13H2,1-2H3,(H,14,17,19)/t9-,10+,12+/m0/s1. The highest BCUT2D eigenvalue weighted by Gasteiger charge is 2.43. The van der Waals surface area contributed by atoms with Crippen LogP contribution in [0.4, 0.5) is 0 Å². The molecule has 0 fully saturated rings. The number of ether oxygens (including phenoxy) is 2. The van der Waals surface area contributed by atoms with Gasteiger partial charge in [-0.25, -0.2) is 4.79 Å². The molecule has 0 aliphatic carbocycles. The first kappa shape index (κ1) is 17.5. The second-order valence-electron chi connectivity index (χ2n) is 4.55. The van der Waals surface area contributed by atoms with Gasteiger partial charge in [0.25, 0.3) is 5.56 Å². The van der Waals surface area contributed by atoms with Crippen molar-refractivity contribution in [3.05, 3.63) is 33.1 Å². The Hall–Kier alpha value is -1.52. The van der Waals surface area contributed by atoms with Crippen LogP contribution in [0.25, 0.3) is 0 Å². The van der Waals surface area contributed by atoms with Crippen LogP contribution < -0.4 is 17.0 Å². The number of aromatic nitrogens is 2. The van der Waals surface area contributed by atoms with Crippen molar-refractivity contribution in [3.8, 4) is 0 Å². The highest BCUT2D eigenvalue weighted by Crippen LogP contribution is 2.27. The zero-order chi connectivity index (χ0) is 16.0. The van der Waals surface area contributed by atoms with Gasteiger partial charge in [-0.2, -0.15) is 0 Å². The molecule has 0 amide bonds. The zero-order valence-corrected chi connectivity index (χ0v) is 12.0. The van der Waals surface area contributed by atoms with Crippen LogP contribution in [0.15, 0.2) is 21.9 Å². The summed E-state index contributed by atoms with van der Waals surface area (Å²) < 4.78 is 11.3. The number of methoxy groups -OCH3 is 2. The number of H-pyrrole nitrogens is 1. The molecule has 0 unspecified atom stereocenters. The lowest BCUT2D eigenvalue weighted by atomic mass is 9.91. The number of aliphatic hydroxyl groups excluding tert-OH is 2. The summed E-state index contributed by atoms with van der Waals surface area (Å²) >= 11 is 0. The van der Waals surface area contributed by atoms with E-state index in [0.29, 0.717) is 0 Å². The summed E-state index contributed by atoms with van der Waals surface area (Å²) in [5.41, 5.74) is 2.78. The van der Waals surface area contributed by atoms with E-state index in [1.54, 1.807) is 0 Å².